The molecular formula is C19H30N4O. The van der Waals surface area contributed by atoms with Crippen molar-refractivity contribution < 1.29 is 4.79 Å². The summed E-state index contributed by atoms with van der Waals surface area (Å²) in [5.74, 6) is 2.20. The van der Waals surface area contributed by atoms with Crippen molar-refractivity contribution >= 4 is 5.91 Å². The third-order valence-electron chi connectivity index (χ3n) is 6.39. The van der Waals surface area contributed by atoms with Crippen molar-refractivity contribution in [3.05, 3.63) is 18.2 Å². The zero-order valence-corrected chi connectivity index (χ0v) is 14.7. The van der Waals surface area contributed by atoms with E-state index in [0.29, 0.717) is 5.91 Å². The highest BCUT2D eigenvalue weighted by Gasteiger charge is 2.48. The number of amides is 1. The van der Waals surface area contributed by atoms with E-state index in [4.69, 9.17) is 0 Å². The topological polar surface area (TPSA) is 52.2 Å². The third-order valence-corrected chi connectivity index (χ3v) is 6.39. The van der Waals surface area contributed by atoms with Gasteiger partial charge in [-0.15, -0.1) is 0 Å². The van der Waals surface area contributed by atoms with E-state index in [0.717, 1.165) is 57.3 Å². The van der Waals surface area contributed by atoms with Crippen LogP contribution in [0.1, 0.15) is 57.2 Å². The first kappa shape index (κ1) is 16.1. The standard InChI is InChI=1S/C19H30N4O/c24-18-19(8-12-22(15-19)14-17-20-9-10-21-17)7-4-11-23(18)13-16-5-2-1-3-6-16/h9-10,16H,1-8,11-15H2,(H,20,21). The molecule has 1 aliphatic carbocycles. The third kappa shape index (κ3) is 3.23. The molecule has 1 aromatic heterocycles. The summed E-state index contributed by atoms with van der Waals surface area (Å²) in [5, 5.41) is 0. The molecule has 0 aromatic carbocycles. The molecule has 5 nitrogen and oxygen atoms in total. The molecule has 5 heteroatoms. The molecule has 1 atom stereocenters. The van der Waals surface area contributed by atoms with Gasteiger partial charge in [-0.3, -0.25) is 9.69 Å². The van der Waals surface area contributed by atoms with Crippen LogP contribution in [0.5, 0.6) is 0 Å². The van der Waals surface area contributed by atoms with E-state index in [1.807, 2.05) is 6.20 Å². The van der Waals surface area contributed by atoms with Crippen LogP contribution in [0.2, 0.25) is 0 Å². The van der Waals surface area contributed by atoms with Gasteiger partial charge in [0.2, 0.25) is 5.91 Å². The van der Waals surface area contributed by atoms with E-state index in [-0.39, 0.29) is 5.41 Å². The monoisotopic (exact) mass is 330 g/mol. The summed E-state index contributed by atoms with van der Waals surface area (Å²) in [7, 11) is 0. The Balaban J connectivity index is 1.38. The summed E-state index contributed by atoms with van der Waals surface area (Å²) < 4.78 is 0. The molecule has 1 spiro atoms. The van der Waals surface area contributed by atoms with Crippen LogP contribution in [-0.2, 0) is 11.3 Å². The molecular weight excluding hydrogens is 300 g/mol. The largest absolute Gasteiger partial charge is 0.348 e. The Hall–Kier alpha value is -1.36. The molecule has 4 rings (SSSR count). The number of likely N-dealkylation sites (tertiary alicyclic amines) is 2. The molecule has 1 unspecified atom stereocenters. The summed E-state index contributed by atoms with van der Waals surface area (Å²) in [6.45, 7) is 4.76. The van der Waals surface area contributed by atoms with Crippen LogP contribution < -0.4 is 0 Å². The minimum absolute atomic E-state index is 0.112. The lowest BCUT2D eigenvalue weighted by atomic mass is 9.77. The van der Waals surface area contributed by atoms with E-state index < -0.39 is 0 Å². The average molecular weight is 330 g/mol. The number of aromatic nitrogens is 2. The van der Waals surface area contributed by atoms with Crippen LogP contribution in [-0.4, -0.2) is 51.9 Å². The SMILES string of the molecule is O=C1N(CC2CCCCC2)CCCC12CCN(Cc1ncc[nH]1)C2. The zero-order chi connectivity index (χ0) is 16.4. The lowest BCUT2D eigenvalue weighted by Gasteiger charge is -2.41. The number of rotatable bonds is 4. The number of nitrogens with zero attached hydrogens (tertiary/aromatic N) is 3. The van der Waals surface area contributed by atoms with Gasteiger partial charge in [0.15, 0.2) is 0 Å². The van der Waals surface area contributed by atoms with Crippen molar-refractivity contribution in [1.29, 1.82) is 0 Å². The number of aromatic amines is 1. The molecule has 1 aromatic rings. The number of carbonyl (C=O) groups excluding carboxylic acids is 1. The maximum atomic E-state index is 13.2. The summed E-state index contributed by atoms with van der Waals surface area (Å²) in [6, 6.07) is 0. The van der Waals surface area contributed by atoms with E-state index in [1.54, 1.807) is 6.20 Å². The highest BCUT2D eigenvalue weighted by molar-refractivity contribution is 5.84. The fourth-order valence-corrected chi connectivity index (χ4v) is 5.08. The van der Waals surface area contributed by atoms with Gasteiger partial charge in [-0.25, -0.2) is 4.98 Å². The lowest BCUT2D eigenvalue weighted by Crippen LogP contribution is -2.51. The summed E-state index contributed by atoms with van der Waals surface area (Å²) >= 11 is 0. The second-order valence-corrected chi connectivity index (χ2v) is 8.14. The second-order valence-electron chi connectivity index (χ2n) is 8.14. The first-order chi connectivity index (χ1) is 11.8. The summed E-state index contributed by atoms with van der Waals surface area (Å²) in [5.41, 5.74) is -0.112. The minimum Gasteiger partial charge on any atom is -0.348 e. The first-order valence-corrected chi connectivity index (χ1v) is 9.75. The Morgan fingerprint density at radius 3 is 2.83 bits per heavy atom. The molecule has 3 heterocycles. The highest BCUT2D eigenvalue weighted by atomic mass is 16.2. The molecule has 1 amide bonds. The molecule has 3 fully saturated rings. The van der Waals surface area contributed by atoms with E-state index in [9.17, 15) is 4.79 Å². The maximum Gasteiger partial charge on any atom is 0.230 e. The quantitative estimate of drug-likeness (QED) is 0.923. The molecule has 24 heavy (non-hydrogen) atoms. The van der Waals surface area contributed by atoms with Gasteiger partial charge < -0.3 is 9.88 Å². The molecule has 1 N–H and O–H groups in total. The normalized spacial score (nSPS) is 29.7. The number of H-pyrrole nitrogens is 1. The van der Waals surface area contributed by atoms with Crippen molar-refractivity contribution in [1.82, 2.24) is 19.8 Å². The molecule has 0 bridgehead atoms. The van der Waals surface area contributed by atoms with E-state index >= 15 is 0 Å². The van der Waals surface area contributed by atoms with Crippen LogP contribution in [0.4, 0.5) is 0 Å². The fourth-order valence-electron chi connectivity index (χ4n) is 5.08. The van der Waals surface area contributed by atoms with E-state index in [2.05, 4.69) is 19.8 Å². The Labute approximate surface area is 144 Å². The zero-order valence-electron chi connectivity index (χ0n) is 14.7. The Morgan fingerprint density at radius 1 is 1.17 bits per heavy atom. The second kappa shape index (κ2) is 6.87. The van der Waals surface area contributed by atoms with Gasteiger partial charge in [0.25, 0.3) is 0 Å². The van der Waals surface area contributed by atoms with Gasteiger partial charge in [0.05, 0.1) is 12.0 Å². The Kier molecular flexibility index (Phi) is 4.61. The molecule has 2 aliphatic heterocycles. The van der Waals surface area contributed by atoms with Crippen LogP contribution in [0.15, 0.2) is 12.4 Å². The summed E-state index contributed by atoms with van der Waals surface area (Å²) in [6.07, 6.45) is 13.7. The van der Waals surface area contributed by atoms with Gasteiger partial charge in [-0.1, -0.05) is 19.3 Å². The number of nitrogens with one attached hydrogen (secondary N) is 1. The Bertz CT molecular complexity index is 552. The predicted molar refractivity (Wildman–Crippen MR) is 93.3 cm³/mol. The van der Waals surface area contributed by atoms with Crippen molar-refractivity contribution in [2.75, 3.05) is 26.2 Å². The van der Waals surface area contributed by atoms with Gasteiger partial charge in [0, 0.05) is 32.0 Å². The van der Waals surface area contributed by atoms with Crippen LogP contribution in [0.3, 0.4) is 0 Å². The van der Waals surface area contributed by atoms with Crippen LogP contribution in [0.25, 0.3) is 0 Å². The molecule has 132 valence electrons. The van der Waals surface area contributed by atoms with Gasteiger partial charge in [-0.2, -0.15) is 0 Å². The molecule has 2 saturated heterocycles. The molecule has 1 saturated carbocycles. The smallest absolute Gasteiger partial charge is 0.230 e. The van der Waals surface area contributed by atoms with Gasteiger partial charge in [0.1, 0.15) is 5.82 Å². The maximum absolute atomic E-state index is 13.2. The number of hydrogen-bond acceptors (Lipinski definition) is 3. The Morgan fingerprint density at radius 2 is 2.04 bits per heavy atom. The minimum atomic E-state index is -0.112. The van der Waals surface area contributed by atoms with Crippen LogP contribution >= 0.6 is 0 Å². The van der Waals surface area contributed by atoms with Crippen molar-refractivity contribution in [3.63, 3.8) is 0 Å². The number of piperidine rings is 1. The predicted octanol–water partition coefficient (Wildman–Crippen LogP) is 2.80. The highest BCUT2D eigenvalue weighted by Crippen LogP contribution is 2.41. The average Bonchev–Trinajstić information content (AvgIpc) is 3.24. The molecule has 0 radical (unpaired) electrons. The van der Waals surface area contributed by atoms with Crippen molar-refractivity contribution in [2.24, 2.45) is 11.3 Å². The first-order valence-electron chi connectivity index (χ1n) is 9.75. The van der Waals surface area contributed by atoms with Crippen molar-refractivity contribution in [3.8, 4) is 0 Å². The number of carbonyl (C=O) groups is 1. The fraction of sp³-hybridized carbons (Fsp3) is 0.789. The summed E-state index contributed by atoms with van der Waals surface area (Å²) in [4.78, 5) is 25.4. The van der Waals surface area contributed by atoms with E-state index in [1.165, 1.54) is 38.5 Å². The van der Waals surface area contributed by atoms with Gasteiger partial charge >= 0.3 is 0 Å². The van der Waals surface area contributed by atoms with Crippen LogP contribution in [0, 0.1) is 11.3 Å². The lowest BCUT2D eigenvalue weighted by molar-refractivity contribution is -0.146. The number of hydrogen-bond donors (Lipinski definition) is 1. The van der Waals surface area contributed by atoms with Gasteiger partial charge in [-0.05, 0) is 44.6 Å². The number of imidazole rings is 1. The van der Waals surface area contributed by atoms with Crippen molar-refractivity contribution in [2.45, 2.75) is 57.9 Å². The molecule has 3 aliphatic rings.